The van der Waals surface area contributed by atoms with Gasteiger partial charge < -0.3 is 4.74 Å². The first-order valence-corrected chi connectivity index (χ1v) is 12.2. The molecule has 2 aromatic carbocycles. The largest absolute Gasteiger partial charge is 0.497 e. The number of carbonyl (C=O) groups is 1. The molecule has 34 heavy (non-hydrogen) atoms. The zero-order valence-corrected chi connectivity index (χ0v) is 19.4. The number of amides is 1. The second-order valence-corrected chi connectivity index (χ2v) is 10.7. The molecule has 5 aliphatic rings. The third kappa shape index (κ3) is 3.49. The van der Waals surface area contributed by atoms with Gasteiger partial charge in [0.2, 0.25) is 5.91 Å². The first-order chi connectivity index (χ1) is 16.4. The Bertz CT molecular complexity index is 1120. The van der Waals surface area contributed by atoms with Crippen LogP contribution in [0.15, 0.2) is 53.6 Å². The van der Waals surface area contributed by atoms with E-state index in [1.165, 1.54) is 31.4 Å². The molecule has 0 aromatic heterocycles. The molecule has 1 unspecified atom stereocenters. The highest BCUT2D eigenvalue weighted by molar-refractivity contribution is 6.03. The monoisotopic (exact) mass is 459 g/mol. The average molecular weight is 460 g/mol. The molecule has 4 saturated carbocycles. The summed E-state index contributed by atoms with van der Waals surface area (Å²) in [5, 5.41) is 17.8. The van der Waals surface area contributed by atoms with Crippen molar-refractivity contribution in [3.8, 4) is 5.75 Å². The maximum Gasteiger partial charge on any atom is 0.269 e. The number of nitro benzene ring substituents is 1. The zero-order valence-electron chi connectivity index (χ0n) is 19.4. The summed E-state index contributed by atoms with van der Waals surface area (Å²) in [4.78, 5) is 25.0. The van der Waals surface area contributed by atoms with Gasteiger partial charge in [0.25, 0.3) is 5.69 Å². The minimum atomic E-state index is -0.393. The van der Waals surface area contributed by atoms with Gasteiger partial charge in [0.05, 0.1) is 29.2 Å². The number of rotatable bonds is 5. The molecule has 1 aliphatic heterocycles. The number of hydrazone groups is 1. The summed E-state index contributed by atoms with van der Waals surface area (Å²) in [5.41, 5.74) is 2.47. The van der Waals surface area contributed by atoms with Crippen LogP contribution >= 0.6 is 0 Å². The van der Waals surface area contributed by atoms with E-state index in [-0.39, 0.29) is 23.1 Å². The van der Waals surface area contributed by atoms with Gasteiger partial charge in [-0.3, -0.25) is 14.9 Å². The predicted molar refractivity (Wildman–Crippen MR) is 127 cm³/mol. The van der Waals surface area contributed by atoms with E-state index in [9.17, 15) is 14.9 Å². The van der Waals surface area contributed by atoms with Gasteiger partial charge in [-0.15, -0.1) is 0 Å². The fourth-order valence-electron chi connectivity index (χ4n) is 7.35. The number of nitro groups is 1. The molecule has 7 rings (SSSR count). The Hall–Kier alpha value is -3.22. The summed E-state index contributed by atoms with van der Waals surface area (Å²) >= 11 is 0. The van der Waals surface area contributed by atoms with Crippen LogP contribution in [0.1, 0.15) is 62.1 Å². The molecule has 1 heterocycles. The highest BCUT2D eigenvalue weighted by atomic mass is 16.6. The number of carbonyl (C=O) groups excluding carboxylic acids is 1. The Morgan fingerprint density at radius 3 is 2.12 bits per heavy atom. The molecule has 7 nitrogen and oxygen atoms in total. The molecular weight excluding hydrogens is 430 g/mol. The molecule has 0 saturated heterocycles. The highest BCUT2D eigenvalue weighted by Gasteiger charge is 2.57. The van der Waals surface area contributed by atoms with Gasteiger partial charge in [0, 0.05) is 18.6 Å². The number of hydrogen-bond acceptors (Lipinski definition) is 5. The highest BCUT2D eigenvalue weighted by Crippen LogP contribution is 2.61. The van der Waals surface area contributed by atoms with E-state index in [1.807, 2.05) is 24.3 Å². The summed E-state index contributed by atoms with van der Waals surface area (Å²) in [6.07, 6.45) is 7.36. The molecule has 2 aromatic rings. The maximum absolute atomic E-state index is 14.2. The van der Waals surface area contributed by atoms with E-state index in [1.54, 1.807) is 24.3 Å². The van der Waals surface area contributed by atoms with Crippen LogP contribution in [0.3, 0.4) is 0 Å². The van der Waals surface area contributed by atoms with Crippen molar-refractivity contribution in [3.05, 3.63) is 69.8 Å². The van der Waals surface area contributed by atoms with Crippen LogP contribution in [0, 0.1) is 33.3 Å². The van der Waals surface area contributed by atoms with Crippen molar-refractivity contribution in [3.63, 3.8) is 0 Å². The minimum absolute atomic E-state index is 0.0528. The quantitative estimate of drug-likeness (QED) is 0.437. The molecule has 1 atom stereocenters. The second-order valence-electron chi connectivity index (χ2n) is 10.7. The van der Waals surface area contributed by atoms with Crippen LogP contribution in [-0.4, -0.2) is 28.7 Å². The van der Waals surface area contributed by atoms with E-state index >= 15 is 0 Å². The lowest BCUT2D eigenvalue weighted by molar-refractivity contribution is -0.384. The second kappa shape index (κ2) is 7.93. The van der Waals surface area contributed by atoms with E-state index < -0.39 is 4.92 Å². The van der Waals surface area contributed by atoms with Crippen LogP contribution in [-0.2, 0) is 4.79 Å². The number of methoxy groups -OCH3 is 1. The maximum atomic E-state index is 14.2. The van der Waals surface area contributed by atoms with E-state index in [0.29, 0.717) is 24.2 Å². The Balaban J connectivity index is 1.36. The molecule has 0 spiro atoms. The predicted octanol–water partition coefficient (Wildman–Crippen LogP) is 5.50. The summed E-state index contributed by atoms with van der Waals surface area (Å²) in [7, 11) is 1.64. The van der Waals surface area contributed by atoms with Gasteiger partial charge in [0.1, 0.15) is 5.75 Å². The molecule has 4 bridgehead atoms. The third-order valence-electron chi connectivity index (χ3n) is 8.52. The van der Waals surface area contributed by atoms with Gasteiger partial charge in [-0.25, -0.2) is 5.01 Å². The van der Waals surface area contributed by atoms with Gasteiger partial charge in [-0.05, 0) is 91.7 Å². The van der Waals surface area contributed by atoms with Crippen molar-refractivity contribution >= 4 is 17.3 Å². The molecule has 0 radical (unpaired) electrons. The standard InChI is InChI=1S/C27H29N3O4/c1-34-23-8-4-20(5-9-23)24-13-25(21-2-6-22(7-3-21)30(32)33)29(28-24)26(31)27-14-17-10-18(15-27)12-19(11-17)16-27/h2-9,17-19,25H,10-16H2,1H3. The summed E-state index contributed by atoms with van der Waals surface area (Å²) in [6.45, 7) is 0. The summed E-state index contributed by atoms with van der Waals surface area (Å²) in [6, 6.07) is 14.1. The van der Waals surface area contributed by atoms with Crippen LogP contribution < -0.4 is 4.74 Å². The Kier molecular flexibility index (Phi) is 4.97. The van der Waals surface area contributed by atoms with Crippen LogP contribution in [0.25, 0.3) is 0 Å². The van der Waals surface area contributed by atoms with Gasteiger partial charge >= 0.3 is 0 Å². The number of hydrogen-bond donors (Lipinski definition) is 0. The summed E-state index contributed by atoms with van der Waals surface area (Å²) in [5.74, 6) is 2.93. The fourth-order valence-corrected chi connectivity index (χ4v) is 7.35. The van der Waals surface area contributed by atoms with Crippen molar-refractivity contribution in [2.75, 3.05) is 7.11 Å². The van der Waals surface area contributed by atoms with Crippen LogP contribution in [0.5, 0.6) is 5.75 Å². The lowest BCUT2D eigenvalue weighted by Crippen LogP contribution is -2.53. The van der Waals surface area contributed by atoms with Crippen molar-refractivity contribution < 1.29 is 14.5 Å². The molecule has 1 amide bonds. The summed E-state index contributed by atoms with van der Waals surface area (Å²) < 4.78 is 5.29. The van der Waals surface area contributed by atoms with Crippen LogP contribution in [0.2, 0.25) is 0 Å². The van der Waals surface area contributed by atoms with Crippen molar-refractivity contribution in [1.82, 2.24) is 5.01 Å². The van der Waals surface area contributed by atoms with E-state index in [0.717, 1.165) is 41.9 Å². The van der Waals surface area contributed by atoms with Crippen molar-refractivity contribution in [1.29, 1.82) is 0 Å². The molecule has 7 heteroatoms. The Morgan fingerprint density at radius 2 is 1.59 bits per heavy atom. The lowest BCUT2D eigenvalue weighted by Gasteiger charge is -2.56. The minimum Gasteiger partial charge on any atom is -0.497 e. The smallest absolute Gasteiger partial charge is 0.269 e. The molecule has 0 N–H and O–H groups in total. The van der Waals surface area contributed by atoms with Crippen molar-refractivity contribution in [2.45, 2.75) is 51.0 Å². The average Bonchev–Trinajstić information content (AvgIpc) is 3.28. The fraction of sp³-hybridized carbons (Fsp3) is 0.481. The molecule has 4 fully saturated rings. The van der Waals surface area contributed by atoms with E-state index in [2.05, 4.69) is 0 Å². The number of nitrogens with zero attached hydrogens (tertiary/aromatic N) is 3. The third-order valence-corrected chi connectivity index (χ3v) is 8.52. The SMILES string of the molecule is COc1ccc(C2=NN(C(=O)C34CC5CC(CC(C5)C3)C4)C(c3ccc([N+](=O)[O-])cc3)C2)cc1. The van der Waals surface area contributed by atoms with Crippen molar-refractivity contribution in [2.24, 2.45) is 28.3 Å². The topological polar surface area (TPSA) is 85.0 Å². The lowest BCUT2D eigenvalue weighted by atomic mass is 9.49. The Labute approximate surface area is 198 Å². The molecule has 176 valence electrons. The number of ether oxygens (including phenoxy) is 1. The zero-order chi connectivity index (χ0) is 23.4. The van der Waals surface area contributed by atoms with E-state index in [4.69, 9.17) is 9.84 Å². The molecular formula is C27H29N3O4. The van der Waals surface area contributed by atoms with Gasteiger partial charge in [-0.2, -0.15) is 5.10 Å². The first kappa shape index (κ1) is 21.3. The normalized spacial score (nSPS) is 31.4. The van der Waals surface area contributed by atoms with Gasteiger partial charge in [-0.1, -0.05) is 12.1 Å². The first-order valence-electron chi connectivity index (χ1n) is 12.2. The van der Waals surface area contributed by atoms with Gasteiger partial charge in [0.15, 0.2) is 0 Å². The Morgan fingerprint density at radius 1 is 1.00 bits per heavy atom. The number of non-ortho nitro benzene ring substituents is 1. The molecule has 4 aliphatic carbocycles. The van der Waals surface area contributed by atoms with Crippen LogP contribution in [0.4, 0.5) is 5.69 Å². The number of benzene rings is 2.